The average molecular weight is 342 g/mol. The van der Waals surface area contributed by atoms with Gasteiger partial charge in [0.15, 0.2) is 0 Å². The van der Waals surface area contributed by atoms with Crippen LogP contribution < -0.4 is 5.32 Å². The molecular weight excluding hydrogens is 328 g/mol. The molecule has 0 fully saturated rings. The fraction of sp³-hybridized carbons (Fsp3) is 0.0500. The SMILES string of the molecule is Cn1cc(C2=C(n3ccc4cnccc43)C(=O)NC2=O)c2ccccc21. The van der Waals surface area contributed by atoms with E-state index in [1.807, 2.05) is 54.2 Å². The second-order valence-corrected chi connectivity index (χ2v) is 6.30. The van der Waals surface area contributed by atoms with Crippen LogP contribution in [0.15, 0.2) is 61.2 Å². The third kappa shape index (κ3) is 1.89. The first kappa shape index (κ1) is 14.7. The Kier molecular flexibility index (Phi) is 2.91. The lowest BCUT2D eigenvalue weighted by molar-refractivity contribution is -0.122. The van der Waals surface area contributed by atoms with Crippen LogP contribution in [0, 0.1) is 0 Å². The third-order valence-electron chi connectivity index (χ3n) is 4.80. The van der Waals surface area contributed by atoms with Crippen LogP contribution in [-0.2, 0) is 16.6 Å². The number of benzene rings is 1. The summed E-state index contributed by atoms with van der Waals surface area (Å²) in [4.78, 5) is 29.4. The Morgan fingerprint density at radius 3 is 2.73 bits per heavy atom. The van der Waals surface area contributed by atoms with E-state index >= 15 is 0 Å². The van der Waals surface area contributed by atoms with Gasteiger partial charge in [0.2, 0.25) is 0 Å². The fourth-order valence-electron chi connectivity index (χ4n) is 3.64. The van der Waals surface area contributed by atoms with Crippen molar-refractivity contribution in [3.05, 3.63) is 66.7 Å². The predicted molar refractivity (Wildman–Crippen MR) is 98.9 cm³/mol. The standard InChI is InChI=1S/C20H14N4O2/c1-23-11-14(13-4-2-3-5-16(13)23)17-18(20(26)22-19(17)25)24-9-7-12-10-21-8-6-15(12)24/h2-11H,1H3,(H,22,25,26). The van der Waals surface area contributed by atoms with Gasteiger partial charge in [0.25, 0.3) is 11.8 Å². The molecule has 26 heavy (non-hydrogen) atoms. The number of nitrogens with zero attached hydrogens (tertiary/aromatic N) is 3. The zero-order valence-corrected chi connectivity index (χ0v) is 13.9. The van der Waals surface area contributed by atoms with Crippen molar-refractivity contribution in [2.45, 2.75) is 0 Å². The Morgan fingerprint density at radius 1 is 1.00 bits per heavy atom. The number of aryl methyl sites for hydroxylation is 1. The van der Waals surface area contributed by atoms with Gasteiger partial charge in [0.1, 0.15) is 5.70 Å². The van der Waals surface area contributed by atoms with Crippen LogP contribution in [0.4, 0.5) is 0 Å². The van der Waals surface area contributed by atoms with E-state index in [1.165, 1.54) is 0 Å². The molecule has 0 spiro atoms. The lowest BCUT2D eigenvalue weighted by atomic mass is 10.0. The zero-order chi connectivity index (χ0) is 17.8. The summed E-state index contributed by atoms with van der Waals surface area (Å²) >= 11 is 0. The summed E-state index contributed by atoms with van der Waals surface area (Å²) in [5, 5.41) is 4.29. The van der Waals surface area contributed by atoms with Crippen LogP contribution in [0.25, 0.3) is 33.1 Å². The van der Waals surface area contributed by atoms with Crippen LogP contribution in [0.2, 0.25) is 0 Å². The Labute approximate surface area is 148 Å². The molecule has 1 aliphatic rings. The van der Waals surface area contributed by atoms with E-state index in [4.69, 9.17) is 0 Å². The van der Waals surface area contributed by atoms with E-state index in [9.17, 15) is 9.59 Å². The molecule has 0 saturated heterocycles. The summed E-state index contributed by atoms with van der Waals surface area (Å²) in [7, 11) is 1.93. The number of hydrogen-bond acceptors (Lipinski definition) is 3. The number of amides is 2. The summed E-state index contributed by atoms with van der Waals surface area (Å²) in [5.41, 5.74) is 3.31. The number of aromatic nitrogens is 3. The van der Waals surface area contributed by atoms with Gasteiger partial charge >= 0.3 is 0 Å². The molecule has 4 heterocycles. The summed E-state index contributed by atoms with van der Waals surface area (Å²) < 4.78 is 3.72. The van der Waals surface area contributed by atoms with Gasteiger partial charge in [-0.3, -0.25) is 19.9 Å². The molecule has 0 unspecified atom stereocenters. The van der Waals surface area contributed by atoms with Crippen molar-refractivity contribution in [2.24, 2.45) is 7.05 Å². The Balaban J connectivity index is 1.87. The van der Waals surface area contributed by atoms with Crippen LogP contribution in [0.1, 0.15) is 5.56 Å². The van der Waals surface area contributed by atoms with Gasteiger partial charge in [0, 0.05) is 53.7 Å². The molecule has 6 heteroatoms. The van der Waals surface area contributed by atoms with Crippen LogP contribution in [-0.4, -0.2) is 25.9 Å². The summed E-state index contributed by atoms with van der Waals surface area (Å²) in [6.07, 6.45) is 7.10. The molecule has 1 aliphatic heterocycles. The second-order valence-electron chi connectivity index (χ2n) is 6.30. The Bertz CT molecular complexity index is 1260. The van der Waals surface area contributed by atoms with Crippen molar-refractivity contribution in [1.29, 1.82) is 0 Å². The van der Waals surface area contributed by atoms with Gasteiger partial charge in [-0.05, 0) is 18.2 Å². The van der Waals surface area contributed by atoms with Crippen molar-refractivity contribution in [2.75, 3.05) is 0 Å². The highest BCUT2D eigenvalue weighted by atomic mass is 16.2. The topological polar surface area (TPSA) is 68.9 Å². The first-order valence-corrected chi connectivity index (χ1v) is 8.21. The van der Waals surface area contributed by atoms with Crippen molar-refractivity contribution >= 4 is 44.9 Å². The van der Waals surface area contributed by atoms with Crippen molar-refractivity contribution < 1.29 is 9.59 Å². The molecule has 5 rings (SSSR count). The lowest BCUT2D eigenvalue weighted by Gasteiger charge is -2.07. The molecule has 6 nitrogen and oxygen atoms in total. The van der Waals surface area contributed by atoms with Gasteiger partial charge in [-0.25, -0.2) is 0 Å². The molecule has 3 aromatic heterocycles. The van der Waals surface area contributed by atoms with Crippen molar-refractivity contribution in [3.8, 4) is 0 Å². The van der Waals surface area contributed by atoms with Crippen molar-refractivity contribution in [1.82, 2.24) is 19.4 Å². The Hall–Kier alpha value is -3.67. The van der Waals surface area contributed by atoms with E-state index in [0.29, 0.717) is 11.3 Å². The highest BCUT2D eigenvalue weighted by Crippen LogP contribution is 2.34. The minimum Gasteiger partial charge on any atom is -0.350 e. The lowest BCUT2D eigenvalue weighted by Crippen LogP contribution is -2.23. The van der Waals surface area contributed by atoms with E-state index in [-0.39, 0.29) is 5.91 Å². The highest BCUT2D eigenvalue weighted by Gasteiger charge is 2.34. The quantitative estimate of drug-likeness (QED) is 0.569. The maximum Gasteiger partial charge on any atom is 0.275 e. The number of fused-ring (bicyclic) bond motifs is 2. The predicted octanol–water partition coefficient (Wildman–Crippen LogP) is 2.55. The van der Waals surface area contributed by atoms with Crippen LogP contribution >= 0.6 is 0 Å². The molecule has 0 bridgehead atoms. The maximum atomic E-state index is 12.7. The van der Waals surface area contributed by atoms with Gasteiger partial charge in [-0.1, -0.05) is 18.2 Å². The molecular formula is C20H14N4O2. The molecule has 0 saturated carbocycles. The molecule has 0 radical (unpaired) electrons. The van der Waals surface area contributed by atoms with Crippen LogP contribution in [0.3, 0.4) is 0 Å². The molecule has 0 atom stereocenters. The first-order chi connectivity index (χ1) is 12.6. The summed E-state index contributed by atoms with van der Waals surface area (Å²) in [6.45, 7) is 0. The van der Waals surface area contributed by atoms with Gasteiger partial charge in [-0.15, -0.1) is 0 Å². The monoisotopic (exact) mass is 342 g/mol. The normalized spacial score (nSPS) is 14.7. The summed E-state index contributed by atoms with van der Waals surface area (Å²) in [6, 6.07) is 11.5. The minimum atomic E-state index is -0.396. The third-order valence-corrected chi connectivity index (χ3v) is 4.80. The molecule has 1 N–H and O–H groups in total. The maximum absolute atomic E-state index is 12.7. The number of carbonyl (C=O) groups excluding carboxylic acids is 2. The minimum absolute atomic E-state index is 0.340. The molecule has 126 valence electrons. The molecule has 2 amide bonds. The zero-order valence-electron chi connectivity index (χ0n) is 13.9. The van der Waals surface area contributed by atoms with E-state index in [2.05, 4.69) is 10.3 Å². The largest absolute Gasteiger partial charge is 0.350 e. The second kappa shape index (κ2) is 5.16. The number of imide groups is 1. The Morgan fingerprint density at radius 2 is 1.85 bits per heavy atom. The number of rotatable bonds is 2. The number of hydrogen-bond donors (Lipinski definition) is 1. The highest BCUT2D eigenvalue weighted by molar-refractivity contribution is 6.47. The average Bonchev–Trinajstić information content (AvgIpc) is 3.29. The van der Waals surface area contributed by atoms with Gasteiger partial charge < -0.3 is 9.13 Å². The van der Waals surface area contributed by atoms with E-state index in [1.54, 1.807) is 23.2 Å². The number of nitrogens with one attached hydrogen (secondary N) is 1. The molecule has 4 aromatic rings. The van der Waals surface area contributed by atoms with Gasteiger partial charge in [-0.2, -0.15) is 0 Å². The number of carbonyl (C=O) groups is 2. The van der Waals surface area contributed by atoms with Gasteiger partial charge in [0.05, 0.1) is 11.1 Å². The van der Waals surface area contributed by atoms with Crippen molar-refractivity contribution in [3.63, 3.8) is 0 Å². The fourth-order valence-corrected chi connectivity index (χ4v) is 3.64. The summed E-state index contributed by atoms with van der Waals surface area (Å²) in [5.74, 6) is -0.774. The number of para-hydroxylation sites is 1. The molecule has 1 aromatic carbocycles. The number of pyridine rings is 1. The smallest absolute Gasteiger partial charge is 0.275 e. The van der Waals surface area contributed by atoms with Crippen LogP contribution in [0.5, 0.6) is 0 Å². The molecule has 0 aliphatic carbocycles. The first-order valence-electron chi connectivity index (χ1n) is 8.21. The van der Waals surface area contributed by atoms with E-state index < -0.39 is 5.91 Å². The van der Waals surface area contributed by atoms with E-state index in [0.717, 1.165) is 27.4 Å².